The average molecular weight is 370 g/mol. The predicted octanol–water partition coefficient (Wildman–Crippen LogP) is 1.77. The number of nitrogens with two attached hydrogens (primary N) is 1. The van der Waals surface area contributed by atoms with Crippen LogP contribution in [0.25, 0.3) is 11.2 Å². The van der Waals surface area contributed by atoms with E-state index in [1.807, 2.05) is 0 Å². The molecule has 2 N–H and O–H groups in total. The Bertz CT molecular complexity index is 693. The molecule has 3 heterocycles. The summed E-state index contributed by atoms with van der Waals surface area (Å²) in [5.74, 6) is 0.317. The maximum Gasteiger partial charge on any atom is 0.496 e. The van der Waals surface area contributed by atoms with E-state index < -0.39 is 14.9 Å². The molecule has 0 spiro atoms. The van der Waals surface area contributed by atoms with E-state index in [0.29, 0.717) is 36.6 Å². The van der Waals surface area contributed by atoms with Gasteiger partial charge >= 0.3 is 8.69 Å². The Labute approximate surface area is 145 Å². The van der Waals surface area contributed by atoms with Crippen LogP contribution >= 0.6 is 8.69 Å². The molecule has 0 amide bonds. The van der Waals surface area contributed by atoms with E-state index >= 15 is 0 Å². The quantitative estimate of drug-likeness (QED) is 0.399. The summed E-state index contributed by atoms with van der Waals surface area (Å²) in [5, 5.41) is 0. The van der Waals surface area contributed by atoms with Crippen molar-refractivity contribution in [1.82, 2.24) is 19.5 Å². The largest absolute Gasteiger partial charge is 0.496 e. The van der Waals surface area contributed by atoms with Crippen molar-refractivity contribution in [3.63, 3.8) is 0 Å². The fourth-order valence-electron chi connectivity index (χ4n) is 2.66. The van der Waals surface area contributed by atoms with Gasteiger partial charge in [0.15, 0.2) is 17.8 Å². The van der Waals surface area contributed by atoms with Gasteiger partial charge in [-0.3, -0.25) is 4.57 Å². The number of rotatable bonds is 9. The number of aromatic nitrogens is 4. The number of hydrogen-bond donors (Lipinski definition) is 1. The van der Waals surface area contributed by atoms with Crippen molar-refractivity contribution in [2.75, 3.05) is 25.7 Å². The van der Waals surface area contributed by atoms with Crippen LogP contribution in [0.1, 0.15) is 31.9 Å². The van der Waals surface area contributed by atoms with Crippen LogP contribution in [0.4, 0.5) is 5.82 Å². The van der Waals surface area contributed by atoms with E-state index in [2.05, 4.69) is 19.5 Å². The molecule has 0 aliphatic carbocycles. The number of nitrogens with zero attached hydrogens (tertiary/aromatic N) is 4. The normalized spacial score (nSPS) is 19.4. The van der Waals surface area contributed by atoms with Crippen molar-refractivity contribution in [3.05, 3.63) is 12.7 Å². The van der Waals surface area contributed by atoms with Crippen LogP contribution in [0.3, 0.4) is 0 Å². The summed E-state index contributed by atoms with van der Waals surface area (Å²) in [5.41, 5.74) is 6.96. The zero-order chi connectivity index (χ0) is 17.5. The number of nitrogen functional groups attached to an aromatic ring is 1. The number of hydrogen-bond acceptors (Lipinski definition) is 9. The second-order valence-electron chi connectivity index (χ2n) is 5.51. The van der Waals surface area contributed by atoms with E-state index in [9.17, 15) is 4.57 Å². The van der Waals surface area contributed by atoms with Crippen LogP contribution in [-0.2, 0) is 23.3 Å². The van der Waals surface area contributed by atoms with E-state index in [1.54, 1.807) is 10.9 Å². The zero-order valence-electron chi connectivity index (χ0n) is 13.7. The van der Waals surface area contributed by atoms with Crippen molar-refractivity contribution in [3.8, 4) is 0 Å². The molecule has 1 aliphatic heterocycles. The molecule has 25 heavy (non-hydrogen) atoms. The minimum atomic E-state index is -0.842. The third kappa shape index (κ3) is 4.68. The lowest BCUT2D eigenvalue weighted by Gasteiger charge is -2.28. The summed E-state index contributed by atoms with van der Waals surface area (Å²) >= 11 is 0. The minimum absolute atomic E-state index is 0.0333. The average Bonchev–Trinajstić information content (AvgIpc) is 3.07. The van der Waals surface area contributed by atoms with Crippen LogP contribution in [0.5, 0.6) is 0 Å². The molecule has 136 valence electrons. The fourth-order valence-corrected chi connectivity index (χ4v) is 2.79. The van der Waals surface area contributed by atoms with Crippen molar-refractivity contribution in [1.29, 1.82) is 0 Å². The molecule has 3 rings (SSSR count). The molecule has 1 fully saturated rings. The van der Waals surface area contributed by atoms with Gasteiger partial charge in [-0.15, -0.1) is 4.52 Å². The summed E-state index contributed by atoms with van der Waals surface area (Å²) in [6, 6.07) is 0. The van der Waals surface area contributed by atoms with Gasteiger partial charge in [0.2, 0.25) is 6.79 Å². The van der Waals surface area contributed by atoms with Crippen LogP contribution < -0.4 is 5.73 Å². The molecular weight excluding hydrogens is 349 g/mol. The van der Waals surface area contributed by atoms with Gasteiger partial charge < -0.3 is 19.9 Å². The van der Waals surface area contributed by atoms with E-state index in [1.165, 1.54) is 6.33 Å². The minimum Gasteiger partial charge on any atom is -0.382 e. The van der Waals surface area contributed by atoms with Gasteiger partial charge in [0.25, 0.3) is 0 Å². The highest BCUT2D eigenvalue weighted by Crippen LogP contribution is 2.26. The summed E-state index contributed by atoms with van der Waals surface area (Å²) in [4.78, 5) is 12.5. The molecule has 0 radical (unpaired) electrons. The summed E-state index contributed by atoms with van der Waals surface area (Å²) < 4.78 is 33.8. The monoisotopic (exact) mass is 370 g/mol. The van der Waals surface area contributed by atoms with Gasteiger partial charge in [-0.1, -0.05) is 0 Å². The molecule has 1 aliphatic rings. The van der Waals surface area contributed by atoms with Gasteiger partial charge in [-0.25, -0.2) is 15.0 Å². The van der Waals surface area contributed by atoms with Crippen molar-refractivity contribution in [2.45, 2.75) is 38.2 Å². The SMILES string of the molecule is Nc1ncnc2c1ncn2C(CCOCO[PH+]=O)OC1CCCCO1. The highest BCUT2D eigenvalue weighted by atomic mass is 31.1. The van der Waals surface area contributed by atoms with Gasteiger partial charge in [0.05, 0.1) is 12.9 Å². The number of fused-ring (bicyclic) bond motifs is 1. The Morgan fingerprint density at radius 1 is 1.40 bits per heavy atom. The molecule has 10 nitrogen and oxygen atoms in total. The third-order valence-electron chi connectivity index (χ3n) is 3.85. The molecule has 1 saturated heterocycles. The first-order valence-corrected chi connectivity index (χ1v) is 8.88. The smallest absolute Gasteiger partial charge is 0.382 e. The summed E-state index contributed by atoms with van der Waals surface area (Å²) in [6.45, 7) is 1.00. The molecule has 0 aromatic carbocycles. The van der Waals surface area contributed by atoms with E-state index in [0.717, 1.165) is 19.3 Å². The predicted molar refractivity (Wildman–Crippen MR) is 89.0 cm³/mol. The molecule has 2 aromatic heterocycles. The first kappa shape index (κ1) is 18.1. The molecular formula is C14H21N5O5P+. The highest BCUT2D eigenvalue weighted by molar-refractivity contribution is 7.17. The fraction of sp³-hybridized carbons (Fsp3) is 0.643. The third-order valence-corrected chi connectivity index (χ3v) is 4.09. The number of anilines is 1. The van der Waals surface area contributed by atoms with E-state index in [-0.39, 0.29) is 13.1 Å². The molecule has 11 heteroatoms. The van der Waals surface area contributed by atoms with Crippen LogP contribution in [0.2, 0.25) is 0 Å². The Kier molecular flexibility index (Phi) is 6.60. The van der Waals surface area contributed by atoms with Gasteiger partial charge in [0.1, 0.15) is 18.1 Å². The lowest BCUT2D eigenvalue weighted by atomic mass is 10.2. The Morgan fingerprint density at radius 2 is 2.32 bits per heavy atom. The summed E-state index contributed by atoms with van der Waals surface area (Å²) in [6.07, 6.45) is 5.79. The zero-order valence-corrected chi connectivity index (χ0v) is 14.7. The number of imidazole rings is 1. The van der Waals surface area contributed by atoms with E-state index in [4.69, 9.17) is 19.9 Å². The first-order valence-electron chi connectivity index (χ1n) is 8.06. The Morgan fingerprint density at radius 3 is 3.12 bits per heavy atom. The first-order chi connectivity index (χ1) is 12.3. The molecule has 0 saturated carbocycles. The maximum absolute atomic E-state index is 10.3. The topological polar surface area (TPSA) is 124 Å². The molecule has 3 atom stereocenters. The highest BCUT2D eigenvalue weighted by Gasteiger charge is 2.23. The van der Waals surface area contributed by atoms with Crippen LogP contribution in [0.15, 0.2) is 12.7 Å². The standard InChI is InChI=1S/C14H21N5O5P/c15-13-12-14(17-7-16-13)19(8-18-12)10(4-6-21-9-23-25-20)24-11-3-1-2-5-22-11/h7-8,10-11,25H,1-6,9H2,(H2,15,16,17)/q+1. The second kappa shape index (κ2) is 9.12. The summed E-state index contributed by atoms with van der Waals surface area (Å²) in [7, 11) is -0.842. The molecule has 0 bridgehead atoms. The lowest BCUT2D eigenvalue weighted by molar-refractivity contribution is -0.209. The number of ether oxygens (including phenoxy) is 3. The Balaban J connectivity index is 1.73. The van der Waals surface area contributed by atoms with Crippen molar-refractivity contribution < 1.29 is 23.3 Å². The Hall–Kier alpha value is -1.71. The van der Waals surface area contributed by atoms with Gasteiger partial charge in [0, 0.05) is 13.0 Å². The van der Waals surface area contributed by atoms with Crippen LogP contribution in [-0.4, -0.2) is 45.8 Å². The second-order valence-corrected chi connectivity index (χ2v) is 5.97. The van der Waals surface area contributed by atoms with Crippen LogP contribution in [0, 0.1) is 0 Å². The van der Waals surface area contributed by atoms with Gasteiger partial charge in [-0.2, -0.15) is 0 Å². The van der Waals surface area contributed by atoms with Crippen molar-refractivity contribution in [2.24, 2.45) is 0 Å². The lowest BCUT2D eigenvalue weighted by Crippen LogP contribution is -2.27. The molecule has 2 aromatic rings. The maximum atomic E-state index is 10.3. The van der Waals surface area contributed by atoms with Crippen molar-refractivity contribution >= 4 is 25.7 Å². The van der Waals surface area contributed by atoms with Gasteiger partial charge in [-0.05, 0) is 23.8 Å². The molecule has 3 unspecified atom stereocenters.